The fourth-order valence-corrected chi connectivity index (χ4v) is 3.37. The van der Waals surface area contributed by atoms with Crippen LogP contribution in [0.2, 0.25) is 0 Å². The molecule has 0 bridgehead atoms. The summed E-state index contributed by atoms with van der Waals surface area (Å²) in [5.74, 6) is -0.165. The lowest BCUT2D eigenvalue weighted by Crippen LogP contribution is -2.42. The summed E-state index contributed by atoms with van der Waals surface area (Å²) in [6.07, 6.45) is 38.9. The number of amides is 1. The molecule has 2 N–H and O–H groups in total. The summed E-state index contributed by atoms with van der Waals surface area (Å²) in [4.78, 5) is 12.0. The zero-order valence-corrected chi connectivity index (χ0v) is 21.9. The highest BCUT2D eigenvalue weighted by Crippen LogP contribution is 2.20. The van der Waals surface area contributed by atoms with Crippen LogP contribution in [0, 0.1) is 0 Å². The molecule has 1 atom stereocenters. The fourth-order valence-electron chi connectivity index (χ4n) is 3.37. The maximum Gasteiger partial charge on any atom is 0.244 e. The third-order valence-corrected chi connectivity index (χ3v) is 5.30. The molecule has 1 unspecified atom stereocenters. The van der Waals surface area contributed by atoms with Crippen LogP contribution in [0.4, 0.5) is 0 Å². The van der Waals surface area contributed by atoms with E-state index in [9.17, 15) is 9.90 Å². The second-order valence-electron chi connectivity index (χ2n) is 8.67. The minimum absolute atomic E-state index is 0.165. The number of hydrogen-bond acceptors (Lipinski definition) is 2. The van der Waals surface area contributed by atoms with E-state index in [2.05, 4.69) is 62.5 Å². The van der Waals surface area contributed by atoms with E-state index in [1.807, 2.05) is 36.5 Å². The van der Waals surface area contributed by atoms with E-state index in [0.29, 0.717) is 13.0 Å². The van der Waals surface area contributed by atoms with Crippen LogP contribution in [0.25, 0.3) is 0 Å². The van der Waals surface area contributed by atoms with Gasteiger partial charge < -0.3 is 10.4 Å². The van der Waals surface area contributed by atoms with E-state index in [1.54, 1.807) is 6.08 Å². The van der Waals surface area contributed by atoms with E-state index >= 15 is 0 Å². The zero-order chi connectivity index (χ0) is 25.2. The highest BCUT2D eigenvalue weighted by atomic mass is 16.3. The Labute approximate surface area is 209 Å². The molecular formula is C31H49NO2. The number of carbonyl (C=O) groups excluding carboxylic acids is 1. The van der Waals surface area contributed by atoms with Gasteiger partial charge in [0.25, 0.3) is 0 Å². The lowest BCUT2D eigenvalue weighted by Gasteiger charge is -2.28. The molecule has 0 aliphatic heterocycles. The van der Waals surface area contributed by atoms with Crippen LogP contribution >= 0.6 is 0 Å². The number of aliphatic hydroxyl groups is 1. The third-order valence-electron chi connectivity index (χ3n) is 5.30. The summed E-state index contributed by atoms with van der Waals surface area (Å²) in [6, 6.07) is 0. The summed E-state index contributed by atoms with van der Waals surface area (Å²) >= 11 is 0. The molecule has 34 heavy (non-hydrogen) atoms. The molecule has 3 nitrogen and oxygen atoms in total. The van der Waals surface area contributed by atoms with E-state index in [-0.39, 0.29) is 5.91 Å². The van der Waals surface area contributed by atoms with Gasteiger partial charge in [-0.25, -0.2) is 0 Å². The van der Waals surface area contributed by atoms with Crippen molar-refractivity contribution in [3.05, 3.63) is 85.1 Å². The van der Waals surface area contributed by atoms with Crippen LogP contribution in [0.15, 0.2) is 85.1 Å². The van der Waals surface area contributed by atoms with Crippen LogP contribution < -0.4 is 5.32 Å². The fraction of sp³-hybridized carbons (Fsp3) is 0.516. The molecule has 190 valence electrons. The predicted molar refractivity (Wildman–Crippen MR) is 150 cm³/mol. The Morgan fingerprint density at radius 2 is 1.21 bits per heavy atom. The van der Waals surface area contributed by atoms with Gasteiger partial charge in [0.05, 0.1) is 5.60 Å². The lowest BCUT2D eigenvalue weighted by molar-refractivity contribution is -0.118. The lowest BCUT2D eigenvalue weighted by atomic mass is 9.91. The molecule has 0 fully saturated rings. The van der Waals surface area contributed by atoms with Gasteiger partial charge in [0.2, 0.25) is 5.91 Å². The van der Waals surface area contributed by atoms with Crippen molar-refractivity contribution in [1.82, 2.24) is 5.32 Å². The van der Waals surface area contributed by atoms with Crippen molar-refractivity contribution in [3.8, 4) is 0 Å². The molecule has 0 aromatic heterocycles. The van der Waals surface area contributed by atoms with Crippen molar-refractivity contribution in [3.63, 3.8) is 0 Å². The molecule has 0 aromatic carbocycles. The molecule has 0 radical (unpaired) electrons. The summed E-state index contributed by atoms with van der Waals surface area (Å²) in [5, 5.41) is 13.7. The number of nitrogens with one attached hydrogen (secondary N) is 1. The number of hydrogen-bond donors (Lipinski definition) is 2. The van der Waals surface area contributed by atoms with Crippen molar-refractivity contribution >= 4 is 5.91 Å². The Hall–Kier alpha value is -2.39. The van der Waals surface area contributed by atoms with Gasteiger partial charge in [0.1, 0.15) is 0 Å². The molecular weight excluding hydrogens is 418 g/mol. The minimum atomic E-state index is -0.795. The molecule has 0 heterocycles. The normalized spacial score (nSPS) is 14.8. The Balaban J connectivity index is 4.07. The first-order chi connectivity index (χ1) is 16.6. The van der Waals surface area contributed by atoms with Gasteiger partial charge in [-0.15, -0.1) is 0 Å². The highest BCUT2D eigenvalue weighted by Gasteiger charge is 2.25. The summed E-state index contributed by atoms with van der Waals surface area (Å²) in [5.41, 5.74) is -0.795. The van der Waals surface area contributed by atoms with Crippen LogP contribution in [0.5, 0.6) is 0 Å². The maximum absolute atomic E-state index is 12.0. The molecule has 3 heteroatoms. The summed E-state index contributed by atoms with van der Waals surface area (Å²) in [7, 11) is 0. The average Bonchev–Trinajstić information content (AvgIpc) is 2.83. The Bertz CT molecular complexity index is 694. The van der Waals surface area contributed by atoms with Gasteiger partial charge in [-0.05, 0) is 32.1 Å². The van der Waals surface area contributed by atoms with Gasteiger partial charge in [-0.1, -0.05) is 138 Å². The highest BCUT2D eigenvalue weighted by molar-refractivity contribution is 5.87. The van der Waals surface area contributed by atoms with Gasteiger partial charge >= 0.3 is 0 Å². The Morgan fingerprint density at radius 3 is 1.76 bits per heavy atom. The van der Waals surface area contributed by atoms with Crippen molar-refractivity contribution < 1.29 is 9.90 Å². The standard InChI is InChI=1S/C31H49NO2/c1-4-7-9-11-12-13-14-15-16-17-18-19-20-21-22-23-24-26-30(33)32-29-31(34,27-6-3)28-25-10-8-5-2/h9,11-17,20-24,26,34H,4-8,10,18-19,25,27-29H2,1-3H3,(H,32,33). The molecule has 0 saturated heterocycles. The zero-order valence-electron chi connectivity index (χ0n) is 21.9. The van der Waals surface area contributed by atoms with E-state index in [4.69, 9.17) is 0 Å². The van der Waals surface area contributed by atoms with Crippen molar-refractivity contribution in [2.75, 3.05) is 6.54 Å². The van der Waals surface area contributed by atoms with Gasteiger partial charge in [-0.2, -0.15) is 0 Å². The Morgan fingerprint density at radius 1 is 0.647 bits per heavy atom. The number of carbonyl (C=O) groups is 1. The first kappa shape index (κ1) is 31.6. The van der Waals surface area contributed by atoms with E-state index < -0.39 is 5.60 Å². The average molecular weight is 468 g/mol. The molecule has 0 rings (SSSR count). The van der Waals surface area contributed by atoms with Crippen LogP contribution in [0.3, 0.4) is 0 Å². The molecule has 1 amide bonds. The molecule has 0 saturated carbocycles. The van der Waals surface area contributed by atoms with Crippen LogP contribution in [-0.4, -0.2) is 23.2 Å². The second-order valence-corrected chi connectivity index (χ2v) is 8.67. The molecule has 0 aromatic rings. The first-order valence-corrected chi connectivity index (χ1v) is 13.2. The van der Waals surface area contributed by atoms with Crippen LogP contribution in [-0.2, 0) is 4.79 Å². The topological polar surface area (TPSA) is 49.3 Å². The van der Waals surface area contributed by atoms with E-state index in [1.165, 1.54) is 25.3 Å². The van der Waals surface area contributed by atoms with Gasteiger partial charge in [0.15, 0.2) is 0 Å². The number of allylic oxidation sites excluding steroid dienone is 13. The molecule has 0 aliphatic carbocycles. The smallest absolute Gasteiger partial charge is 0.244 e. The number of unbranched alkanes of at least 4 members (excludes halogenated alkanes) is 5. The summed E-state index contributed by atoms with van der Waals surface area (Å²) < 4.78 is 0. The monoisotopic (exact) mass is 467 g/mol. The van der Waals surface area contributed by atoms with Gasteiger partial charge in [0, 0.05) is 12.6 Å². The van der Waals surface area contributed by atoms with Crippen molar-refractivity contribution in [1.29, 1.82) is 0 Å². The largest absolute Gasteiger partial charge is 0.388 e. The molecule has 0 spiro atoms. The minimum Gasteiger partial charge on any atom is -0.388 e. The van der Waals surface area contributed by atoms with Crippen molar-refractivity contribution in [2.24, 2.45) is 0 Å². The quantitative estimate of drug-likeness (QED) is 0.108. The SMILES string of the molecule is CCCC=CC=CC=CC=CCCC=CC=CC=CC(=O)NCC(O)(CCC)CCCCCC. The van der Waals surface area contributed by atoms with Gasteiger partial charge in [-0.3, -0.25) is 4.79 Å². The van der Waals surface area contributed by atoms with Crippen LogP contribution in [0.1, 0.15) is 91.4 Å². The number of rotatable bonds is 20. The second kappa shape index (κ2) is 23.8. The first-order valence-electron chi connectivity index (χ1n) is 13.2. The Kier molecular flexibility index (Phi) is 22.1. The van der Waals surface area contributed by atoms with Crippen molar-refractivity contribution in [2.45, 2.75) is 97.0 Å². The van der Waals surface area contributed by atoms with E-state index in [0.717, 1.165) is 44.9 Å². The predicted octanol–water partition coefficient (Wildman–Crippen LogP) is 8.08. The third kappa shape index (κ3) is 21.5. The molecule has 0 aliphatic rings. The maximum atomic E-state index is 12.0. The summed E-state index contributed by atoms with van der Waals surface area (Å²) in [6.45, 7) is 6.74.